The van der Waals surface area contributed by atoms with Crippen LogP contribution in [0.4, 0.5) is 0 Å². The average Bonchev–Trinajstić information content (AvgIpc) is 2.85. The summed E-state index contributed by atoms with van der Waals surface area (Å²) in [5.74, 6) is 2.58. The molecule has 3 fully saturated rings. The van der Waals surface area contributed by atoms with Crippen LogP contribution in [0.5, 0.6) is 0 Å². The van der Waals surface area contributed by atoms with E-state index in [1.165, 1.54) is 56.8 Å². The molecule has 104 valence electrons. The third-order valence-corrected chi connectivity index (χ3v) is 6.55. The Kier molecular flexibility index (Phi) is 3.90. The van der Waals surface area contributed by atoms with Gasteiger partial charge in [-0.3, -0.25) is 9.80 Å². The van der Waals surface area contributed by atoms with Gasteiger partial charge in [0.25, 0.3) is 0 Å². The number of fused-ring (bicyclic) bond motifs is 1. The molecule has 0 saturated carbocycles. The number of nitrogens with two attached hydrogens (primary N) is 1. The molecule has 0 aromatic heterocycles. The minimum Gasteiger partial charge on any atom is -0.329 e. The Balaban J connectivity index is 1.76. The summed E-state index contributed by atoms with van der Waals surface area (Å²) in [7, 11) is 0. The zero-order chi connectivity index (χ0) is 12.6. The predicted molar refractivity (Wildman–Crippen MR) is 79.1 cm³/mol. The summed E-state index contributed by atoms with van der Waals surface area (Å²) in [6.07, 6.45) is 5.46. The maximum Gasteiger partial charge on any atom is 0.0426 e. The second kappa shape index (κ2) is 5.31. The quantitative estimate of drug-likeness (QED) is 0.821. The molecule has 0 radical (unpaired) electrons. The largest absolute Gasteiger partial charge is 0.329 e. The minimum atomic E-state index is 0.303. The van der Waals surface area contributed by atoms with Crippen LogP contribution in [-0.2, 0) is 0 Å². The van der Waals surface area contributed by atoms with Crippen molar-refractivity contribution in [3.05, 3.63) is 0 Å². The molecule has 0 aromatic rings. The summed E-state index contributed by atoms with van der Waals surface area (Å²) < 4.78 is 0. The van der Waals surface area contributed by atoms with Crippen LogP contribution in [0.2, 0.25) is 0 Å². The van der Waals surface area contributed by atoms with Gasteiger partial charge in [-0.05, 0) is 44.9 Å². The molecular weight excluding hydrogens is 242 g/mol. The Bertz CT molecular complexity index is 291. The van der Waals surface area contributed by atoms with Gasteiger partial charge in [0.2, 0.25) is 0 Å². The van der Waals surface area contributed by atoms with Crippen LogP contribution in [0.3, 0.4) is 0 Å². The van der Waals surface area contributed by atoms with E-state index in [2.05, 4.69) is 28.5 Å². The molecule has 3 atom stereocenters. The van der Waals surface area contributed by atoms with Crippen LogP contribution in [-0.4, -0.2) is 65.1 Å². The van der Waals surface area contributed by atoms with E-state index < -0.39 is 0 Å². The Morgan fingerprint density at radius 3 is 2.94 bits per heavy atom. The number of hydrogen-bond donors (Lipinski definition) is 1. The first-order valence-corrected chi connectivity index (χ1v) is 8.69. The van der Waals surface area contributed by atoms with Crippen LogP contribution in [0.25, 0.3) is 0 Å². The smallest absolute Gasteiger partial charge is 0.0426 e. The van der Waals surface area contributed by atoms with E-state index in [1.807, 2.05) is 0 Å². The van der Waals surface area contributed by atoms with Crippen molar-refractivity contribution >= 4 is 11.8 Å². The lowest BCUT2D eigenvalue weighted by molar-refractivity contribution is -0.0153. The second-order valence-electron chi connectivity index (χ2n) is 6.38. The maximum absolute atomic E-state index is 6.20. The first-order valence-electron chi connectivity index (χ1n) is 7.54. The topological polar surface area (TPSA) is 32.5 Å². The Morgan fingerprint density at radius 1 is 1.33 bits per heavy atom. The first-order chi connectivity index (χ1) is 8.75. The molecule has 3 nitrogen and oxygen atoms in total. The molecule has 0 amide bonds. The number of thioether (sulfide) groups is 1. The van der Waals surface area contributed by atoms with Crippen molar-refractivity contribution in [2.75, 3.05) is 37.7 Å². The molecule has 0 aliphatic carbocycles. The fourth-order valence-corrected chi connectivity index (χ4v) is 5.49. The highest BCUT2D eigenvalue weighted by Gasteiger charge is 2.44. The molecule has 0 bridgehead atoms. The van der Waals surface area contributed by atoms with Gasteiger partial charge >= 0.3 is 0 Å². The summed E-state index contributed by atoms with van der Waals surface area (Å²) in [6, 6.07) is 1.50. The van der Waals surface area contributed by atoms with Gasteiger partial charge in [-0.1, -0.05) is 0 Å². The Hall–Kier alpha value is 0.230. The fraction of sp³-hybridized carbons (Fsp3) is 1.00. The predicted octanol–water partition coefficient (Wildman–Crippen LogP) is 1.38. The van der Waals surface area contributed by atoms with Crippen LogP contribution < -0.4 is 5.73 Å². The SMILES string of the molecule is CC1CN2CCCC2CN1C1(CN)CCCSC1. The van der Waals surface area contributed by atoms with Crippen molar-refractivity contribution in [3.8, 4) is 0 Å². The minimum absolute atomic E-state index is 0.303. The van der Waals surface area contributed by atoms with E-state index in [-0.39, 0.29) is 0 Å². The zero-order valence-electron chi connectivity index (χ0n) is 11.6. The lowest BCUT2D eigenvalue weighted by atomic mass is 9.89. The molecule has 18 heavy (non-hydrogen) atoms. The number of piperazine rings is 1. The van der Waals surface area contributed by atoms with Gasteiger partial charge in [-0.2, -0.15) is 11.8 Å². The van der Waals surface area contributed by atoms with Gasteiger partial charge in [-0.25, -0.2) is 0 Å². The summed E-state index contributed by atoms with van der Waals surface area (Å²) in [5, 5.41) is 0. The second-order valence-corrected chi connectivity index (χ2v) is 7.48. The van der Waals surface area contributed by atoms with E-state index in [9.17, 15) is 0 Å². The Morgan fingerprint density at radius 2 is 2.22 bits per heavy atom. The average molecular weight is 269 g/mol. The third kappa shape index (κ3) is 2.21. The lowest BCUT2D eigenvalue weighted by Gasteiger charge is -2.53. The molecule has 3 saturated heterocycles. The molecule has 3 heterocycles. The Labute approximate surface area is 115 Å². The monoisotopic (exact) mass is 269 g/mol. The van der Waals surface area contributed by atoms with Gasteiger partial charge in [0.15, 0.2) is 0 Å². The van der Waals surface area contributed by atoms with E-state index in [0.29, 0.717) is 11.6 Å². The maximum atomic E-state index is 6.20. The van der Waals surface area contributed by atoms with Crippen LogP contribution in [0.15, 0.2) is 0 Å². The van der Waals surface area contributed by atoms with E-state index in [1.54, 1.807) is 0 Å². The van der Waals surface area contributed by atoms with Crippen molar-refractivity contribution in [1.82, 2.24) is 9.80 Å². The molecule has 0 spiro atoms. The molecule has 0 aromatic carbocycles. The zero-order valence-corrected chi connectivity index (χ0v) is 12.4. The number of rotatable bonds is 2. The van der Waals surface area contributed by atoms with Crippen LogP contribution >= 0.6 is 11.8 Å². The van der Waals surface area contributed by atoms with Gasteiger partial charge in [-0.15, -0.1) is 0 Å². The summed E-state index contributed by atoms with van der Waals surface area (Å²) in [5.41, 5.74) is 6.50. The van der Waals surface area contributed by atoms with Crippen molar-refractivity contribution in [1.29, 1.82) is 0 Å². The standard InChI is InChI=1S/C14H27N3S/c1-12-8-16-6-2-4-13(16)9-17(12)14(10-15)5-3-7-18-11-14/h12-13H,2-11,15H2,1H3. The highest BCUT2D eigenvalue weighted by Crippen LogP contribution is 2.36. The molecule has 3 rings (SSSR count). The molecule has 4 heteroatoms. The molecular formula is C14H27N3S. The van der Waals surface area contributed by atoms with Crippen LogP contribution in [0, 0.1) is 0 Å². The van der Waals surface area contributed by atoms with Gasteiger partial charge in [0.05, 0.1) is 0 Å². The van der Waals surface area contributed by atoms with E-state index in [4.69, 9.17) is 5.73 Å². The summed E-state index contributed by atoms with van der Waals surface area (Å²) in [4.78, 5) is 5.49. The van der Waals surface area contributed by atoms with Gasteiger partial charge < -0.3 is 5.73 Å². The molecule has 2 N–H and O–H groups in total. The first kappa shape index (κ1) is 13.2. The normalized spacial score (nSPS) is 43.0. The van der Waals surface area contributed by atoms with Crippen molar-refractivity contribution in [2.24, 2.45) is 5.73 Å². The van der Waals surface area contributed by atoms with Crippen molar-refractivity contribution in [2.45, 2.75) is 50.2 Å². The number of nitrogens with zero attached hydrogens (tertiary/aromatic N) is 2. The fourth-order valence-electron chi connectivity index (χ4n) is 4.19. The summed E-state index contributed by atoms with van der Waals surface area (Å²) >= 11 is 2.11. The van der Waals surface area contributed by atoms with E-state index in [0.717, 1.165) is 12.6 Å². The number of hydrogen-bond acceptors (Lipinski definition) is 4. The third-order valence-electron chi connectivity index (χ3n) is 5.23. The van der Waals surface area contributed by atoms with Gasteiger partial charge in [0, 0.05) is 43.0 Å². The van der Waals surface area contributed by atoms with E-state index >= 15 is 0 Å². The van der Waals surface area contributed by atoms with Crippen LogP contribution in [0.1, 0.15) is 32.6 Å². The molecule has 3 aliphatic rings. The molecule has 3 aliphatic heterocycles. The highest BCUT2D eigenvalue weighted by atomic mass is 32.2. The highest BCUT2D eigenvalue weighted by molar-refractivity contribution is 7.99. The van der Waals surface area contributed by atoms with Crippen molar-refractivity contribution in [3.63, 3.8) is 0 Å². The van der Waals surface area contributed by atoms with Crippen molar-refractivity contribution < 1.29 is 0 Å². The summed E-state index contributed by atoms with van der Waals surface area (Å²) in [6.45, 7) is 7.10. The lowest BCUT2D eigenvalue weighted by Crippen LogP contribution is -2.67. The molecule has 3 unspecified atom stereocenters. The van der Waals surface area contributed by atoms with Gasteiger partial charge in [0.1, 0.15) is 0 Å².